The summed E-state index contributed by atoms with van der Waals surface area (Å²) in [5, 5.41) is 3.74. The van der Waals surface area contributed by atoms with E-state index < -0.39 is 0 Å². The number of ether oxygens (including phenoxy) is 3. The predicted molar refractivity (Wildman–Crippen MR) is 92.8 cm³/mol. The average Bonchev–Trinajstić information content (AvgIpc) is 2.92. The van der Waals surface area contributed by atoms with Crippen LogP contribution in [0.3, 0.4) is 0 Å². The number of carbonyl (C=O) groups is 1. The van der Waals surface area contributed by atoms with Crippen LogP contribution >= 0.6 is 11.3 Å². The molecule has 0 aliphatic heterocycles. The number of amides is 1. The SMILES string of the molecule is COCc1nc(C)c(CC(=O)NCCOc2ccc(OC)cc2)s1. The molecular formula is C17H22N2O4S. The molecule has 1 N–H and O–H groups in total. The van der Waals surface area contributed by atoms with Gasteiger partial charge < -0.3 is 19.5 Å². The zero-order valence-corrected chi connectivity index (χ0v) is 14.9. The van der Waals surface area contributed by atoms with Crippen LogP contribution in [0, 0.1) is 6.92 Å². The maximum atomic E-state index is 12.0. The molecule has 1 aromatic heterocycles. The van der Waals surface area contributed by atoms with Crippen LogP contribution in [0.2, 0.25) is 0 Å². The van der Waals surface area contributed by atoms with Crippen LogP contribution in [-0.4, -0.2) is 38.3 Å². The molecule has 2 rings (SSSR count). The molecule has 0 spiro atoms. The summed E-state index contributed by atoms with van der Waals surface area (Å²) < 4.78 is 15.7. The van der Waals surface area contributed by atoms with Crippen molar-refractivity contribution in [2.75, 3.05) is 27.4 Å². The Bertz CT molecular complexity index is 655. The van der Waals surface area contributed by atoms with Crippen LogP contribution in [0.1, 0.15) is 15.6 Å². The molecular weight excluding hydrogens is 328 g/mol. The van der Waals surface area contributed by atoms with E-state index in [2.05, 4.69) is 10.3 Å². The van der Waals surface area contributed by atoms with Crippen molar-refractivity contribution >= 4 is 17.2 Å². The second-order valence-electron chi connectivity index (χ2n) is 5.10. The second-order valence-corrected chi connectivity index (χ2v) is 6.27. The number of thiazole rings is 1. The van der Waals surface area contributed by atoms with Gasteiger partial charge in [0.15, 0.2) is 0 Å². The van der Waals surface area contributed by atoms with Crippen molar-refractivity contribution < 1.29 is 19.0 Å². The van der Waals surface area contributed by atoms with Gasteiger partial charge in [0, 0.05) is 12.0 Å². The number of nitrogens with zero attached hydrogens (tertiary/aromatic N) is 1. The van der Waals surface area contributed by atoms with Crippen molar-refractivity contribution in [2.45, 2.75) is 20.0 Å². The van der Waals surface area contributed by atoms with E-state index in [1.54, 1.807) is 14.2 Å². The average molecular weight is 350 g/mol. The smallest absolute Gasteiger partial charge is 0.225 e. The number of hydrogen-bond acceptors (Lipinski definition) is 6. The molecule has 1 heterocycles. The van der Waals surface area contributed by atoms with E-state index in [1.165, 1.54) is 11.3 Å². The van der Waals surface area contributed by atoms with Gasteiger partial charge in [-0.15, -0.1) is 11.3 Å². The Hall–Kier alpha value is -2.12. The topological polar surface area (TPSA) is 69.7 Å². The fourth-order valence-corrected chi connectivity index (χ4v) is 3.12. The number of aromatic nitrogens is 1. The maximum absolute atomic E-state index is 12.0. The lowest BCUT2D eigenvalue weighted by atomic mass is 10.3. The highest BCUT2D eigenvalue weighted by molar-refractivity contribution is 7.11. The van der Waals surface area contributed by atoms with Gasteiger partial charge >= 0.3 is 0 Å². The Balaban J connectivity index is 1.71. The molecule has 0 aliphatic rings. The monoisotopic (exact) mass is 350 g/mol. The summed E-state index contributed by atoms with van der Waals surface area (Å²) in [6, 6.07) is 7.33. The molecule has 7 heteroatoms. The highest BCUT2D eigenvalue weighted by Gasteiger charge is 2.11. The van der Waals surface area contributed by atoms with Gasteiger partial charge in [-0.25, -0.2) is 4.98 Å². The predicted octanol–water partition coefficient (Wildman–Crippen LogP) is 2.34. The van der Waals surface area contributed by atoms with E-state index in [4.69, 9.17) is 14.2 Å². The molecule has 1 amide bonds. The van der Waals surface area contributed by atoms with Crippen LogP contribution in [0.5, 0.6) is 11.5 Å². The summed E-state index contributed by atoms with van der Waals surface area (Å²) in [6.45, 7) is 3.25. The highest BCUT2D eigenvalue weighted by Crippen LogP contribution is 2.19. The van der Waals surface area contributed by atoms with Gasteiger partial charge in [0.25, 0.3) is 0 Å². The summed E-state index contributed by atoms with van der Waals surface area (Å²) in [5.74, 6) is 1.49. The Kier molecular flexibility index (Phi) is 7.02. The van der Waals surface area contributed by atoms with Gasteiger partial charge in [-0.2, -0.15) is 0 Å². The Morgan fingerprint density at radius 2 is 1.92 bits per heavy atom. The van der Waals surface area contributed by atoms with Crippen molar-refractivity contribution in [1.29, 1.82) is 0 Å². The number of hydrogen-bond donors (Lipinski definition) is 1. The third-order valence-corrected chi connectivity index (χ3v) is 4.41. The molecule has 0 radical (unpaired) electrons. The molecule has 1 aromatic carbocycles. The first-order valence-electron chi connectivity index (χ1n) is 7.60. The highest BCUT2D eigenvalue weighted by atomic mass is 32.1. The van der Waals surface area contributed by atoms with Crippen molar-refractivity contribution in [3.05, 3.63) is 39.8 Å². The molecule has 2 aromatic rings. The Morgan fingerprint density at radius 1 is 1.21 bits per heavy atom. The number of methoxy groups -OCH3 is 2. The van der Waals surface area contributed by atoms with Gasteiger partial charge in [-0.05, 0) is 31.2 Å². The van der Waals surface area contributed by atoms with E-state index in [1.807, 2.05) is 31.2 Å². The minimum Gasteiger partial charge on any atom is -0.497 e. The van der Waals surface area contributed by atoms with Crippen LogP contribution in [0.4, 0.5) is 0 Å². The zero-order chi connectivity index (χ0) is 17.4. The number of carbonyl (C=O) groups excluding carboxylic acids is 1. The van der Waals surface area contributed by atoms with E-state index in [-0.39, 0.29) is 5.91 Å². The molecule has 0 atom stereocenters. The second kappa shape index (κ2) is 9.24. The zero-order valence-electron chi connectivity index (χ0n) is 14.1. The van der Waals surface area contributed by atoms with Crippen LogP contribution in [-0.2, 0) is 22.6 Å². The minimum atomic E-state index is -0.0379. The summed E-state index contributed by atoms with van der Waals surface area (Å²) in [6.07, 6.45) is 0.329. The normalized spacial score (nSPS) is 10.5. The third kappa shape index (κ3) is 5.50. The standard InChI is InChI=1S/C17H22N2O4S/c1-12-15(24-17(19-12)11-21-2)10-16(20)18-8-9-23-14-6-4-13(22-3)5-7-14/h4-7H,8-11H2,1-3H3,(H,18,20). The number of benzene rings is 1. The van der Waals surface area contributed by atoms with Gasteiger partial charge in [0.05, 0.1) is 32.4 Å². The van der Waals surface area contributed by atoms with E-state index >= 15 is 0 Å². The fraction of sp³-hybridized carbons (Fsp3) is 0.412. The van der Waals surface area contributed by atoms with Crippen LogP contribution < -0.4 is 14.8 Å². The largest absolute Gasteiger partial charge is 0.497 e. The molecule has 130 valence electrons. The molecule has 0 saturated carbocycles. The molecule has 0 fully saturated rings. The van der Waals surface area contributed by atoms with E-state index in [9.17, 15) is 4.79 Å². The van der Waals surface area contributed by atoms with E-state index in [0.29, 0.717) is 26.2 Å². The maximum Gasteiger partial charge on any atom is 0.225 e. The lowest BCUT2D eigenvalue weighted by Gasteiger charge is -2.08. The molecule has 0 saturated heterocycles. The summed E-state index contributed by atoms with van der Waals surface area (Å²) in [5.41, 5.74) is 0.886. The van der Waals surface area contributed by atoms with Gasteiger partial charge in [0.2, 0.25) is 5.91 Å². The summed E-state index contributed by atoms with van der Waals surface area (Å²) in [4.78, 5) is 17.3. The van der Waals surface area contributed by atoms with Crippen molar-refractivity contribution in [1.82, 2.24) is 10.3 Å². The minimum absolute atomic E-state index is 0.0379. The Labute approximate surface area is 145 Å². The molecule has 0 aliphatic carbocycles. The van der Waals surface area contributed by atoms with Crippen molar-refractivity contribution in [3.63, 3.8) is 0 Å². The Morgan fingerprint density at radius 3 is 2.58 bits per heavy atom. The number of rotatable bonds is 9. The molecule has 6 nitrogen and oxygen atoms in total. The van der Waals surface area contributed by atoms with Gasteiger partial charge in [-0.3, -0.25) is 4.79 Å². The summed E-state index contributed by atoms with van der Waals surface area (Å²) in [7, 11) is 3.25. The van der Waals surface area contributed by atoms with E-state index in [0.717, 1.165) is 27.1 Å². The fourth-order valence-electron chi connectivity index (χ4n) is 2.08. The third-order valence-electron chi connectivity index (χ3n) is 3.28. The number of aryl methyl sites for hydroxylation is 1. The van der Waals surface area contributed by atoms with Crippen LogP contribution in [0.25, 0.3) is 0 Å². The summed E-state index contributed by atoms with van der Waals surface area (Å²) >= 11 is 1.51. The first-order valence-corrected chi connectivity index (χ1v) is 8.41. The van der Waals surface area contributed by atoms with Gasteiger partial charge in [-0.1, -0.05) is 0 Å². The van der Waals surface area contributed by atoms with Crippen molar-refractivity contribution in [2.24, 2.45) is 0 Å². The lowest BCUT2D eigenvalue weighted by Crippen LogP contribution is -2.29. The number of nitrogens with one attached hydrogen (secondary N) is 1. The van der Waals surface area contributed by atoms with Crippen molar-refractivity contribution in [3.8, 4) is 11.5 Å². The first-order chi connectivity index (χ1) is 11.6. The molecule has 24 heavy (non-hydrogen) atoms. The van der Waals surface area contributed by atoms with Crippen LogP contribution in [0.15, 0.2) is 24.3 Å². The molecule has 0 bridgehead atoms. The quantitative estimate of drug-likeness (QED) is 0.703. The lowest BCUT2D eigenvalue weighted by molar-refractivity contribution is -0.120. The molecule has 0 unspecified atom stereocenters. The van der Waals surface area contributed by atoms with Gasteiger partial charge in [0.1, 0.15) is 23.1 Å². The first kappa shape index (κ1) is 18.2.